The minimum absolute atomic E-state index is 0.0633. The van der Waals surface area contributed by atoms with Gasteiger partial charge in [-0.1, -0.05) is 0 Å². The molecule has 0 spiro atoms. The number of rotatable bonds is 6. The molecular formula is C11H12FNO4S. The summed E-state index contributed by atoms with van der Waals surface area (Å²) in [5, 5.41) is 10.8. The van der Waals surface area contributed by atoms with Crippen molar-refractivity contribution < 1.29 is 23.3 Å². The number of halogens is 1. The molecule has 0 saturated heterocycles. The van der Waals surface area contributed by atoms with E-state index in [2.05, 4.69) is 5.32 Å². The summed E-state index contributed by atoms with van der Waals surface area (Å²) in [6.45, 7) is 0. The molecule has 0 aliphatic carbocycles. The van der Waals surface area contributed by atoms with Crippen molar-refractivity contribution in [2.24, 2.45) is 0 Å². The zero-order valence-corrected chi connectivity index (χ0v) is 10.2. The lowest BCUT2D eigenvalue weighted by Gasteiger charge is -2.04. The SMILES string of the molecule is O=C(O)CCS(=O)CC(=O)Nc1ccc(F)cc1. The Hall–Kier alpha value is -1.76. The molecule has 0 saturated carbocycles. The van der Waals surface area contributed by atoms with Gasteiger partial charge in [0.05, 0.1) is 6.42 Å². The smallest absolute Gasteiger partial charge is 0.304 e. The van der Waals surface area contributed by atoms with Crippen LogP contribution in [0, 0.1) is 5.82 Å². The van der Waals surface area contributed by atoms with Crippen molar-refractivity contribution in [2.45, 2.75) is 6.42 Å². The van der Waals surface area contributed by atoms with E-state index in [-0.39, 0.29) is 17.9 Å². The number of hydrogen-bond donors (Lipinski definition) is 2. The predicted molar refractivity (Wildman–Crippen MR) is 65.2 cm³/mol. The molecule has 0 aliphatic rings. The van der Waals surface area contributed by atoms with Gasteiger partial charge in [-0.2, -0.15) is 0 Å². The summed E-state index contributed by atoms with van der Waals surface area (Å²) >= 11 is 0. The number of amides is 1. The number of hydrogen-bond acceptors (Lipinski definition) is 3. The van der Waals surface area contributed by atoms with Crippen molar-refractivity contribution in [2.75, 3.05) is 16.8 Å². The van der Waals surface area contributed by atoms with E-state index in [1.165, 1.54) is 24.3 Å². The quantitative estimate of drug-likeness (QED) is 0.809. The van der Waals surface area contributed by atoms with Crippen LogP contribution in [0.2, 0.25) is 0 Å². The zero-order valence-electron chi connectivity index (χ0n) is 9.39. The van der Waals surface area contributed by atoms with E-state index >= 15 is 0 Å². The van der Waals surface area contributed by atoms with Crippen LogP contribution in [0.15, 0.2) is 24.3 Å². The fourth-order valence-electron chi connectivity index (χ4n) is 1.15. The Bertz CT molecular complexity index is 461. The minimum Gasteiger partial charge on any atom is -0.481 e. The van der Waals surface area contributed by atoms with Crippen LogP contribution in [0.4, 0.5) is 10.1 Å². The highest BCUT2D eigenvalue weighted by Crippen LogP contribution is 2.08. The lowest BCUT2D eigenvalue weighted by Crippen LogP contribution is -2.21. The van der Waals surface area contributed by atoms with Gasteiger partial charge in [-0.15, -0.1) is 0 Å². The number of anilines is 1. The summed E-state index contributed by atoms with van der Waals surface area (Å²) < 4.78 is 23.9. The van der Waals surface area contributed by atoms with Crippen LogP contribution in [-0.4, -0.2) is 32.7 Å². The molecule has 0 aliphatic heterocycles. The molecule has 18 heavy (non-hydrogen) atoms. The third-order valence-corrected chi connectivity index (χ3v) is 3.21. The van der Waals surface area contributed by atoms with Gasteiger partial charge < -0.3 is 10.4 Å². The number of benzene rings is 1. The molecule has 0 bridgehead atoms. The second kappa shape index (κ2) is 6.85. The molecule has 0 fully saturated rings. The Morgan fingerprint density at radius 3 is 2.44 bits per heavy atom. The normalized spacial score (nSPS) is 11.8. The molecule has 1 aromatic carbocycles. The average Bonchev–Trinajstić information content (AvgIpc) is 2.29. The van der Waals surface area contributed by atoms with Crippen LogP contribution in [0.5, 0.6) is 0 Å². The number of carbonyl (C=O) groups is 2. The van der Waals surface area contributed by atoms with Crippen LogP contribution in [-0.2, 0) is 20.4 Å². The van der Waals surface area contributed by atoms with Crippen LogP contribution in [0.25, 0.3) is 0 Å². The van der Waals surface area contributed by atoms with Crippen molar-refractivity contribution in [3.63, 3.8) is 0 Å². The maximum absolute atomic E-state index is 12.6. The maximum Gasteiger partial charge on any atom is 0.304 e. The van der Waals surface area contributed by atoms with E-state index in [0.717, 1.165) is 0 Å². The van der Waals surface area contributed by atoms with E-state index < -0.39 is 28.5 Å². The first-order valence-electron chi connectivity index (χ1n) is 5.09. The Kier molecular flexibility index (Phi) is 5.44. The van der Waals surface area contributed by atoms with Crippen molar-refractivity contribution in [3.05, 3.63) is 30.1 Å². The topological polar surface area (TPSA) is 83.5 Å². The van der Waals surface area contributed by atoms with Gasteiger partial charge >= 0.3 is 5.97 Å². The Morgan fingerprint density at radius 2 is 1.89 bits per heavy atom. The van der Waals surface area contributed by atoms with E-state index in [1.54, 1.807) is 0 Å². The van der Waals surface area contributed by atoms with E-state index in [4.69, 9.17) is 5.11 Å². The van der Waals surface area contributed by atoms with Gasteiger partial charge in [0.1, 0.15) is 11.6 Å². The average molecular weight is 273 g/mol. The summed E-state index contributed by atoms with van der Waals surface area (Å²) in [6, 6.07) is 5.15. The first-order valence-corrected chi connectivity index (χ1v) is 6.58. The first-order chi connectivity index (χ1) is 8.47. The van der Waals surface area contributed by atoms with Gasteiger partial charge in [-0.05, 0) is 24.3 Å². The molecule has 1 rings (SSSR count). The molecular weight excluding hydrogens is 261 g/mol. The standard InChI is InChI=1S/C11H12FNO4S/c12-8-1-3-9(4-2-8)13-10(14)7-18(17)6-5-11(15)16/h1-4H,5-7H2,(H,13,14)(H,15,16). The summed E-state index contributed by atoms with van der Waals surface area (Å²) in [7, 11) is -1.52. The Morgan fingerprint density at radius 1 is 1.28 bits per heavy atom. The van der Waals surface area contributed by atoms with Crippen molar-refractivity contribution in [1.29, 1.82) is 0 Å². The van der Waals surface area contributed by atoms with Crippen LogP contribution < -0.4 is 5.32 Å². The van der Waals surface area contributed by atoms with Gasteiger partial charge in [-0.25, -0.2) is 4.39 Å². The molecule has 1 unspecified atom stereocenters. The summed E-state index contributed by atoms with van der Waals surface area (Å²) in [5.41, 5.74) is 0.400. The maximum atomic E-state index is 12.6. The number of carboxylic acids is 1. The third-order valence-electron chi connectivity index (χ3n) is 1.96. The second-order valence-corrected chi connectivity index (χ2v) is 5.06. The van der Waals surface area contributed by atoms with Crippen LogP contribution in [0.1, 0.15) is 6.42 Å². The molecule has 0 radical (unpaired) electrons. The second-order valence-electron chi connectivity index (χ2n) is 3.49. The molecule has 0 heterocycles. The molecule has 1 atom stereocenters. The van der Waals surface area contributed by atoms with Crippen molar-refractivity contribution >= 4 is 28.4 Å². The molecule has 1 amide bonds. The minimum atomic E-state index is -1.52. The van der Waals surface area contributed by atoms with E-state index in [0.29, 0.717) is 5.69 Å². The highest BCUT2D eigenvalue weighted by molar-refractivity contribution is 7.85. The Labute approximate surface area is 105 Å². The summed E-state index contributed by atoms with van der Waals surface area (Å²) in [6.07, 6.45) is -0.240. The fourth-order valence-corrected chi connectivity index (χ4v) is 2.06. The number of carboxylic acid groups (broad SMARTS) is 1. The lowest BCUT2D eigenvalue weighted by atomic mass is 10.3. The first kappa shape index (κ1) is 14.3. The number of nitrogens with one attached hydrogen (secondary N) is 1. The highest BCUT2D eigenvalue weighted by atomic mass is 32.2. The van der Waals surface area contributed by atoms with Gasteiger partial charge in [0, 0.05) is 22.2 Å². The third kappa shape index (κ3) is 5.53. The molecule has 1 aromatic rings. The molecule has 0 aromatic heterocycles. The monoisotopic (exact) mass is 273 g/mol. The molecule has 5 nitrogen and oxygen atoms in total. The van der Waals surface area contributed by atoms with Crippen molar-refractivity contribution in [1.82, 2.24) is 0 Å². The molecule has 2 N–H and O–H groups in total. The highest BCUT2D eigenvalue weighted by Gasteiger charge is 2.10. The predicted octanol–water partition coefficient (Wildman–Crippen LogP) is 0.988. The van der Waals surface area contributed by atoms with Crippen LogP contribution >= 0.6 is 0 Å². The van der Waals surface area contributed by atoms with E-state index in [1.807, 2.05) is 0 Å². The van der Waals surface area contributed by atoms with Crippen LogP contribution in [0.3, 0.4) is 0 Å². The van der Waals surface area contributed by atoms with Gasteiger partial charge in [0.2, 0.25) is 5.91 Å². The molecule has 7 heteroatoms. The van der Waals surface area contributed by atoms with Gasteiger partial charge in [-0.3, -0.25) is 13.8 Å². The van der Waals surface area contributed by atoms with E-state index in [9.17, 15) is 18.2 Å². The summed E-state index contributed by atoms with van der Waals surface area (Å²) in [4.78, 5) is 21.6. The summed E-state index contributed by atoms with van der Waals surface area (Å²) in [5.74, 6) is -2.30. The number of aliphatic carboxylic acids is 1. The number of carbonyl (C=O) groups excluding carboxylic acids is 1. The lowest BCUT2D eigenvalue weighted by molar-refractivity contribution is -0.136. The largest absolute Gasteiger partial charge is 0.481 e. The van der Waals surface area contributed by atoms with Gasteiger partial charge in [0.15, 0.2) is 0 Å². The zero-order chi connectivity index (χ0) is 13.5. The van der Waals surface area contributed by atoms with Gasteiger partial charge in [0.25, 0.3) is 0 Å². The van der Waals surface area contributed by atoms with Crippen molar-refractivity contribution in [3.8, 4) is 0 Å². The fraction of sp³-hybridized carbons (Fsp3) is 0.273. The Balaban J connectivity index is 2.39. The molecule has 98 valence electrons.